The van der Waals surface area contributed by atoms with Gasteiger partial charge in [0.05, 0.1) is 5.71 Å². The minimum absolute atomic E-state index is 0.0298. The number of hydrogen-bond donors (Lipinski definition) is 2. The van der Waals surface area contributed by atoms with Crippen LogP contribution in [0.15, 0.2) is 58.1 Å². The normalized spacial score (nSPS) is 11.2. The molecule has 2 aromatic rings. The maximum Gasteiger partial charge on any atom is 0.271 e. The van der Waals surface area contributed by atoms with Crippen molar-refractivity contribution in [1.29, 1.82) is 0 Å². The second-order valence-electron chi connectivity index (χ2n) is 6.58. The molecule has 0 bridgehead atoms. The first kappa shape index (κ1) is 21.8. The second kappa shape index (κ2) is 11.4. The minimum atomic E-state index is -0.324. The largest absolute Gasteiger partial charge is 0.326 e. The number of benzene rings is 2. The summed E-state index contributed by atoms with van der Waals surface area (Å²) in [4.78, 5) is 24.4. The number of unbranched alkanes of at least 4 members (excludes halogenated alkanes) is 3. The summed E-state index contributed by atoms with van der Waals surface area (Å²) in [6, 6.07) is 14.6. The summed E-state index contributed by atoms with van der Waals surface area (Å²) in [7, 11) is 0. The first-order valence-corrected chi connectivity index (χ1v) is 10.3. The summed E-state index contributed by atoms with van der Waals surface area (Å²) in [6.45, 7) is 3.97. The van der Waals surface area contributed by atoms with Gasteiger partial charge in [0.2, 0.25) is 5.91 Å². The topological polar surface area (TPSA) is 70.6 Å². The molecule has 0 fully saturated rings. The molecule has 6 heteroatoms. The van der Waals surface area contributed by atoms with Crippen molar-refractivity contribution in [2.24, 2.45) is 5.10 Å². The predicted molar refractivity (Wildman–Crippen MR) is 118 cm³/mol. The van der Waals surface area contributed by atoms with Gasteiger partial charge in [-0.1, -0.05) is 60.3 Å². The lowest BCUT2D eigenvalue weighted by Crippen LogP contribution is -2.20. The first-order chi connectivity index (χ1) is 13.5. The Morgan fingerprint density at radius 2 is 1.75 bits per heavy atom. The van der Waals surface area contributed by atoms with E-state index in [-0.39, 0.29) is 11.8 Å². The smallest absolute Gasteiger partial charge is 0.271 e. The van der Waals surface area contributed by atoms with Crippen LogP contribution in [0.5, 0.6) is 0 Å². The van der Waals surface area contributed by atoms with Crippen LogP contribution in [0.1, 0.15) is 61.9 Å². The molecule has 0 aliphatic carbocycles. The summed E-state index contributed by atoms with van der Waals surface area (Å²) in [5, 5.41) is 7.01. The Hall–Kier alpha value is -2.47. The number of anilines is 1. The Balaban J connectivity index is 1.93. The summed E-state index contributed by atoms with van der Waals surface area (Å²) in [5.41, 5.74) is 5.25. The van der Waals surface area contributed by atoms with E-state index in [9.17, 15) is 9.59 Å². The molecular weight excluding hydrogens is 418 g/mol. The molecule has 0 aromatic heterocycles. The van der Waals surface area contributed by atoms with Gasteiger partial charge >= 0.3 is 0 Å². The summed E-state index contributed by atoms with van der Waals surface area (Å²) >= 11 is 3.39. The average Bonchev–Trinajstić information content (AvgIpc) is 2.70. The van der Waals surface area contributed by atoms with Crippen molar-refractivity contribution in [2.75, 3.05) is 5.32 Å². The highest BCUT2D eigenvalue weighted by Gasteiger charge is 2.08. The van der Waals surface area contributed by atoms with Crippen LogP contribution < -0.4 is 10.7 Å². The highest BCUT2D eigenvalue weighted by Crippen LogP contribution is 2.13. The highest BCUT2D eigenvalue weighted by atomic mass is 79.9. The predicted octanol–water partition coefficient (Wildman–Crippen LogP) is 5.51. The van der Waals surface area contributed by atoms with E-state index in [0.29, 0.717) is 23.4 Å². The van der Waals surface area contributed by atoms with Gasteiger partial charge in [-0.25, -0.2) is 5.43 Å². The number of amides is 2. The van der Waals surface area contributed by atoms with Crippen molar-refractivity contribution in [3.05, 3.63) is 64.1 Å². The maximum atomic E-state index is 12.4. The van der Waals surface area contributed by atoms with E-state index >= 15 is 0 Å². The van der Waals surface area contributed by atoms with Crippen LogP contribution in [0, 0.1) is 0 Å². The number of nitrogens with zero attached hydrogens (tertiary/aromatic N) is 1. The fourth-order valence-electron chi connectivity index (χ4n) is 2.63. The van der Waals surface area contributed by atoms with Crippen LogP contribution in [-0.2, 0) is 4.79 Å². The van der Waals surface area contributed by atoms with E-state index in [1.54, 1.807) is 24.3 Å². The Morgan fingerprint density at radius 3 is 2.46 bits per heavy atom. The van der Waals surface area contributed by atoms with E-state index in [4.69, 9.17) is 0 Å². The molecule has 0 heterocycles. The van der Waals surface area contributed by atoms with Crippen LogP contribution in [-0.4, -0.2) is 17.5 Å². The standard InChI is InChI=1S/C22H26BrN3O2/c1-3-4-5-6-10-21(27)24-20-9-7-8-18(15-20)22(28)26-25-16(2)17-11-13-19(23)14-12-17/h7-9,11-15H,3-6,10H2,1-2H3,(H,24,27)(H,26,28). The van der Waals surface area contributed by atoms with Gasteiger partial charge in [-0.2, -0.15) is 5.10 Å². The molecule has 2 N–H and O–H groups in total. The van der Waals surface area contributed by atoms with E-state index < -0.39 is 0 Å². The van der Waals surface area contributed by atoms with Crippen molar-refractivity contribution in [2.45, 2.75) is 46.0 Å². The number of nitrogens with one attached hydrogen (secondary N) is 2. The molecule has 2 rings (SSSR count). The molecule has 2 aromatic carbocycles. The lowest BCUT2D eigenvalue weighted by molar-refractivity contribution is -0.116. The van der Waals surface area contributed by atoms with E-state index in [1.165, 1.54) is 0 Å². The van der Waals surface area contributed by atoms with Gasteiger partial charge in [0, 0.05) is 22.1 Å². The number of halogens is 1. The molecule has 0 aliphatic rings. The zero-order valence-electron chi connectivity index (χ0n) is 16.3. The molecule has 28 heavy (non-hydrogen) atoms. The van der Waals surface area contributed by atoms with Gasteiger partial charge in [0.25, 0.3) is 5.91 Å². The average molecular weight is 444 g/mol. The van der Waals surface area contributed by atoms with Gasteiger partial charge in [-0.3, -0.25) is 9.59 Å². The quantitative estimate of drug-likeness (QED) is 0.304. The fourth-order valence-corrected chi connectivity index (χ4v) is 2.89. The molecule has 148 valence electrons. The highest BCUT2D eigenvalue weighted by molar-refractivity contribution is 9.10. The Kier molecular flexibility index (Phi) is 8.88. The number of rotatable bonds is 9. The third-order valence-electron chi connectivity index (χ3n) is 4.25. The lowest BCUT2D eigenvalue weighted by atomic mass is 10.1. The Labute approximate surface area is 174 Å². The molecule has 0 aliphatic heterocycles. The number of carbonyl (C=O) groups excluding carboxylic acids is 2. The van der Waals surface area contributed by atoms with E-state index in [0.717, 1.165) is 35.7 Å². The number of hydrazone groups is 1. The second-order valence-corrected chi connectivity index (χ2v) is 7.50. The van der Waals surface area contributed by atoms with Crippen molar-refractivity contribution >= 4 is 39.1 Å². The van der Waals surface area contributed by atoms with Crippen molar-refractivity contribution in [3.8, 4) is 0 Å². The molecule has 0 unspecified atom stereocenters. The molecule has 0 saturated carbocycles. The molecule has 2 amide bonds. The number of hydrogen-bond acceptors (Lipinski definition) is 3. The van der Waals surface area contributed by atoms with E-state index in [2.05, 4.69) is 38.7 Å². The van der Waals surface area contributed by atoms with E-state index in [1.807, 2.05) is 31.2 Å². The van der Waals surface area contributed by atoms with Gasteiger partial charge < -0.3 is 5.32 Å². The van der Waals surface area contributed by atoms with Gasteiger partial charge in [-0.15, -0.1) is 0 Å². The summed E-state index contributed by atoms with van der Waals surface area (Å²) in [6.07, 6.45) is 4.71. The zero-order valence-corrected chi connectivity index (χ0v) is 17.9. The molecule has 0 saturated heterocycles. The maximum absolute atomic E-state index is 12.4. The van der Waals surface area contributed by atoms with Crippen molar-refractivity contribution in [1.82, 2.24) is 5.43 Å². The monoisotopic (exact) mass is 443 g/mol. The van der Waals surface area contributed by atoms with Gasteiger partial charge in [-0.05, 0) is 49.2 Å². The van der Waals surface area contributed by atoms with Crippen molar-refractivity contribution in [3.63, 3.8) is 0 Å². The minimum Gasteiger partial charge on any atom is -0.326 e. The molecule has 0 atom stereocenters. The van der Waals surface area contributed by atoms with Crippen LogP contribution >= 0.6 is 15.9 Å². The Morgan fingerprint density at radius 1 is 1.00 bits per heavy atom. The fraction of sp³-hybridized carbons (Fsp3) is 0.318. The van der Waals surface area contributed by atoms with Crippen LogP contribution in [0.2, 0.25) is 0 Å². The third kappa shape index (κ3) is 7.27. The van der Waals surface area contributed by atoms with Crippen LogP contribution in [0.3, 0.4) is 0 Å². The van der Waals surface area contributed by atoms with Gasteiger partial charge in [0.1, 0.15) is 0 Å². The molecule has 0 radical (unpaired) electrons. The van der Waals surface area contributed by atoms with Crippen LogP contribution in [0.25, 0.3) is 0 Å². The molecule has 0 spiro atoms. The number of carbonyl (C=O) groups is 2. The zero-order chi connectivity index (χ0) is 20.4. The summed E-state index contributed by atoms with van der Waals surface area (Å²) < 4.78 is 0.984. The molecule has 5 nitrogen and oxygen atoms in total. The SMILES string of the molecule is CCCCCCC(=O)Nc1cccc(C(=O)NN=C(C)c2ccc(Br)cc2)c1. The first-order valence-electron chi connectivity index (χ1n) is 9.50. The third-order valence-corrected chi connectivity index (χ3v) is 4.78. The summed E-state index contributed by atoms with van der Waals surface area (Å²) in [5.74, 6) is -0.353. The Bertz CT molecular complexity index is 832. The van der Waals surface area contributed by atoms with Crippen LogP contribution in [0.4, 0.5) is 5.69 Å². The molecular formula is C22H26BrN3O2. The van der Waals surface area contributed by atoms with Gasteiger partial charge in [0.15, 0.2) is 0 Å². The lowest BCUT2D eigenvalue weighted by Gasteiger charge is -2.07. The van der Waals surface area contributed by atoms with Crippen molar-refractivity contribution < 1.29 is 9.59 Å².